The molecule has 8 heteroatoms. The number of aromatic hydroxyl groups is 1. The predicted octanol–water partition coefficient (Wildman–Crippen LogP) is 3.23. The normalized spacial score (nSPS) is 22.2. The van der Waals surface area contributed by atoms with Gasteiger partial charge in [0.15, 0.2) is 23.1 Å². The first-order valence-electron chi connectivity index (χ1n) is 9.80. The Morgan fingerprint density at radius 2 is 1.91 bits per heavy atom. The summed E-state index contributed by atoms with van der Waals surface area (Å²) in [6.07, 6.45) is 4.22. The van der Waals surface area contributed by atoms with Crippen LogP contribution in [0.3, 0.4) is 0 Å². The topological polar surface area (TPSA) is 123 Å². The average Bonchev–Trinajstić information content (AvgIpc) is 3.22. The first-order valence-corrected chi connectivity index (χ1v) is 9.80. The smallest absolute Gasteiger partial charge is 0.235 e. The molecule has 0 fully saturated rings. The number of ether oxygens (including phenoxy) is 2. The molecule has 1 aliphatic carbocycles. The highest BCUT2D eigenvalue weighted by atomic mass is 16.5. The number of rotatable bonds is 2. The summed E-state index contributed by atoms with van der Waals surface area (Å²) in [4.78, 5) is 42.7. The summed E-state index contributed by atoms with van der Waals surface area (Å²) in [7, 11) is 0. The number of phenolic OH excluding ortho intramolecular Hbond substituents is 1. The van der Waals surface area contributed by atoms with Gasteiger partial charge in [0, 0.05) is 23.9 Å². The number of hydrogen-bond acceptors (Lipinski definition) is 8. The second-order valence-electron chi connectivity index (χ2n) is 7.96. The lowest BCUT2D eigenvalue weighted by atomic mass is 9.71. The molecule has 3 heterocycles. The van der Waals surface area contributed by atoms with Crippen LogP contribution in [0.4, 0.5) is 0 Å². The second kappa shape index (κ2) is 6.40. The fourth-order valence-electron chi connectivity index (χ4n) is 4.33. The molecule has 0 saturated heterocycles. The maximum atomic E-state index is 13.3. The van der Waals surface area contributed by atoms with E-state index < -0.39 is 28.5 Å². The predicted molar refractivity (Wildman–Crippen MR) is 111 cm³/mol. The third-order valence-electron chi connectivity index (χ3n) is 6.01. The van der Waals surface area contributed by atoms with Gasteiger partial charge >= 0.3 is 0 Å². The van der Waals surface area contributed by atoms with Crippen LogP contribution in [-0.4, -0.2) is 32.5 Å². The third kappa shape index (κ3) is 2.37. The molecule has 2 aliphatic heterocycles. The van der Waals surface area contributed by atoms with Crippen molar-refractivity contribution < 1.29 is 34.1 Å². The Balaban J connectivity index is 1.72. The van der Waals surface area contributed by atoms with Gasteiger partial charge in [-0.15, -0.1) is 0 Å². The van der Waals surface area contributed by atoms with Crippen molar-refractivity contribution in [1.82, 2.24) is 4.98 Å². The number of allylic oxidation sites excluding steroid dienone is 4. The quantitative estimate of drug-likeness (QED) is 0.549. The van der Waals surface area contributed by atoms with Crippen molar-refractivity contribution in [3.8, 4) is 17.2 Å². The van der Waals surface area contributed by atoms with E-state index in [9.17, 15) is 24.6 Å². The van der Waals surface area contributed by atoms with Gasteiger partial charge in [-0.1, -0.05) is 6.07 Å². The van der Waals surface area contributed by atoms with Crippen molar-refractivity contribution in [3.05, 3.63) is 75.7 Å². The molecule has 8 nitrogen and oxygen atoms in total. The van der Waals surface area contributed by atoms with Gasteiger partial charge in [0.05, 0.1) is 11.3 Å². The molecule has 0 unspecified atom stereocenters. The number of carbonyl (C=O) groups is 3. The molecule has 1 atom stereocenters. The van der Waals surface area contributed by atoms with Crippen LogP contribution in [-0.2, 0) is 15.0 Å². The summed E-state index contributed by atoms with van der Waals surface area (Å²) in [5, 5.41) is 21.2. The molecule has 1 aromatic heterocycles. The largest absolute Gasteiger partial charge is 0.507 e. The lowest BCUT2D eigenvalue weighted by Crippen LogP contribution is -2.38. The molecule has 1 aromatic carbocycles. The van der Waals surface area contributed by atoms with E-state index in [1.165, 1.54) is 26.0 Å². The summed E-state index contributed by atoms with van der Waals surface area (Å²) in [5.41, 5.74) is -1.10. The fraction of sp³-hybridized carbons (Fsp3) is 0.167. The number of benzene rings is 1. The SMILES string of the molecule is CC(=O)C1=C(O)C=C2Oc3c4c(c(C)c(O)c3[C@@]2(C)C1=O)O/C(=C\c1ccccn1)C4=O. The van der Waals surface area contributed by atoms with Gasteiger partial charge in [-0.3, -0.25) is 19.4 Å². The summed E-state index contributed by atoms with van der Waals surface area (Å²) < 4.78 is 11.6. The Kier molecular flexibility index (Phi) is 3.95. The van der Waals surface area contributed by atoms with Gasteiger partial charge < -0.3 is 19.7 Å². The zero-order chi connectivity index (χ0) is 22.9. The minimum absolute atomic E-state index is 0.0103. The van der Waals surface area contributed by atoms with E-state index in [4.69, 9.17) is 9.47 Å². The number of ketones is 3. The zero-order valence-electron chi connectivity index (χ0n) is 17.3. The van der Waals surface area contributed by atoms with Crippen LogP contribution in [0, 0.1) is 6.92 Å². The molecule has 2 N–H and O–H groups in total. The first-order chi connectivity index (χ1) is 15.2. The highest BCUT2D eigenvalue weighted by Crippen LogP contribution is 2.59. The first kappa shape index (κ1) is 19.7. The molecule has 0 amide bonds. The van der Waals surface area contributed by atoms with E-state index in [-0.39, 0.29) is 51.0 Å². The lowest BCUT2D eigenvalue weighted by Gasteiger charge is -2.27. The highest BCUT2D eigenvalue weighted by molar-refractivity contribution is 6.26. The van der Waals surface area contributed by atoms with Crippen LogP contribution in [0.15, 0.2) is 53.3 Å². The minimum Gasteiger partial charge on any atom is -0.507 e. The van der Waals surface area contributed by atoms with Crippen LogP contribution in [0.1, 0.15) is 41.0 Å². The number of aliphatic hydroxyl groups excluding tert-OH is 1. The summed E-state index contributed by atoms with van der Waals surface area (Å²) in [5.74, 6) is -2.54. The monoisotopic (exact) mass is 431 g/mol. The van der Waals surface area contributed by atoms with Gasteiger partial charge in [0.25, 0.3) is 0 Å². The van der Waals surface area contributed by atoms with E-state index in [0.29, 0.717) is 5.69 Å². The van der Waals surface area contributed by atoms with Gasteiger partial charge in [-0.2, -0.15) is 0 Å². The summed E-state index contributed by atoms with van der Waals surface area (Å²) in [6, 6.07) is 5.21. The minimum atomic E-state index is -1.58. The number of nitrogens with zero attached hydrogens (tertiary/aromatic N) is 1. The van der Waals surface area contributed by atoms with Crippen molar-refractivity contribution in [3.63, 3.8) is 0 Å². The molecular formula is C24H17NO7. The second-order valence-corrected chi connectivity index (χ2v) is 7.96. The number of aromatic nitrogens is 1. The van der Waals surface area contributed by atoms with E-state index >= 15 is 0 Å². The summed E-state index contributed by atoms with van der Waals surface area (Å²) >= 11 is 0. The van der Waals surface area contributed by atoms with Gasteiger partial charge in [0.1, 0.15) is 39.6 Å². The molecule has 32 heavy (non-hydrogen) atoms. The van der Waals surface area contributed by atoms with Crippen molar-refractivity contribution in [2.45, 2.75) is 26.2 Å². The number of pyridine rings is 1. The summed E-state index contributed by atoms with van der Waals surface area (Å²) in [6.45, 7) is 4.21. The van der Waals surface area contributed by atoms with Crippen molar-refractivity contribution in [1.29, 1.82) is 0 Å². The van der Waals surface area contributed by atoms with Gasteiger partial charge in [-0.25, -0.2) is 0 Å². The molecule has 0 bridgehead atoms. The molecule has 0 spiro atoms. The maximum absolute atomic E-state index is 13.3. The van der Waals surface area contributed by atoms with E-state index in [1.54, 1.807) is 31.3 Å². The van der Waals surface area contributed by atoms with Gasteiger partial charge in [0.2, 0.25) is 5.78 Å². The fourth-order valence-corrected chi connectivity index (χ4v) is 4.33. The molecule has 5 rings (SSSR count). The molecule has 0 saturated carbocycles. The Hall–Kier alpha value is -4.20. The molecule has 0 radical (unpaired) electrons. The average molecular weight is 431 g/mol. The number of fused-ring (bicyclic) bond motifs is 5. The van der Waals surface area contributed by atoms with Crippen LogP contribution < -0.4 is 9.47 Å². The van der Waals surface area contributed by atoms with Crippen molar-refractivity contribution in [2.24, 2.45) is 0 Å². The molecular weight excluding hydrogens is 414 g/mol. The van der Waals surface area contributed by atoms with Gasteiger partial charge in [-0.05, 0) is 32.9 Å². The Labute approximate surface area is 182 Å². The molecule has 3 aliphatic rings. The van der Waals surface area contributed by atoms with E-state index in [0.717, 1.165) is 0 Å². The van der Waals surface area contributed by atoms with Crippen LogP contribution in [0.25, 0.3) is 6.08 Å². The standard InChI is InChI=1S/C24H17NO7/c1-10-19(28)18-22(32-15-9-13(27)16(11(2)26)23(30)24(15,18)3)17-20(29)14(31-21(10)17)8-12-6-4-5-7-25-12/h4-9,27-28H,1-3H3/b14-8-/t24-/m0/s1. The lowest BCUT2D eigenvalue weighted by molar-refractivity contribution is -0.123. The Morgan fingerprint density at radius 1 is 1.16 bits per heavy atom. The van der Waals surface area contributed by atoms with Crippen molar-refractivity contribution in [2.75, 3.05) is 0 Å². The molecule has 2 aromatic rings. The van der Waals surface area contributed by atoms with Crippen LogP contribution >= 0.6 is 0 Å². The van der Waals surface area contributed by atoms with Crippen LogP contribution in [0.5, 0.6) is 17.2 Å². The number of hydrogen-bond donors (Lipinski definition) is 2. The van der Waals surface area contributed by atoms with E-state index in [1.807, 2.05) is 0 Å². The Morgan fingerprint density at radius 3 is 2.56 bits per heavy atom. The van der Waals surface area contributed by atoms with E-state index in [2.05, 4.69) is 4.98 Å². The van der Waals surface area contributed by atoms with Crippen molar-refractivity contribution >= 4 is 23.4 Å². The molecule has 160 valence electrons. The number of carbonyl (C=O) groups excluding carboxylic acids is 3. The third-order valence-corrected chi connectivity index (χ3v) is 6.01. The number of Topliss-reactive ketones (excluding diaryl/α,β-unsaturated/α-hetero) is 3. The number of aliphatic hydroxyl groups is 1. The highest BCUT2D eigenvalue weighted by Gasteiger charge is 2.56. The maximum Gasteiger partial charge on any atom is 0.235 e. The number of phenols is 1. The Bertz CT molecular complexity index is 1360. The zero-order valence-corrected chi connectivity index (χ0v) is 17.3. The van der Waals surface area contributed by atoms with Crippen LogP contribution in [0.2, 0.25) is 0 Å².